The molecule has 1 heterocycles. The molecule has 0 aliphatic rings. The monoisotopic (exact) mass is 259 g/mol. The van der Waals surface area contributed by atoms with Gasteiger partial charge in [-0.2, -0.15) is 5.26 Å². The van der Waals surface area contributed by atoms with Gasteiger partial charge in [-0.1, -0.05) is 58.0 Å². The highest BCUT2D eigenvalue weighted by Gasteiger charge is 1.91. The van der Waals surface area contributed by atoms with Crippen molar-refractivity contribution in [3.63, 3.8) is 0 Å². The van der Waals surface area contributed by atoms with Crippen molar-refractivity contribution in [1.29, 1.82) is 5.26 Å². The van der Waals surface area contributed by atoms with Gasteiger partial charge in [0.1, 0.15) is 0 Å². The van der Waals surface area contributed by atoms with Crippen LogP contribution >= 0.6 is 0 Å². The largest absolute Gasteiger partial charge is 0.333 e. The van der Waals surface area contributed by atoms with Crippen LogP contribution < -0.4 is 0 Å². The summed E-state index contributed by atoms with van der Waals surface area (Å²) < 4.78 is 2.05. The summed E-state index contributed by atoms with van der Waals surface area (Å²) in [5.74, 6) is 0. The first kappa shape index (κ1) is 19.3. The summed E-state index contributed by atoms with van der Waals surface area (Å²) in [6.45, 7) is 10.3. The molecule has 0 atom stereocenters. The minimum Gasteiger partial charge on any atom is -0.333 e. The second-order valence-electron chi connectivity index (χ2n) is 2.94. The number of rotatable bonds is 2. The second kappa shape index (κ2) is 15.9. The predicted molar refractivity (Wildman–Crippen MR) is 81.8 cm³/mol. The number of nitrogens with zero attached hydrogens (tertiary/aromatic N) is 3. The summed E-state index contributed by atoms with van der Waals surface area (Å²) in [6, 6.07) is 12.1. The van der Waals surface area contributed by atoms with Crippen molar-refractivity contribution in [2.45, 2.75) is 41.2 Å². The molecule has 0 unspecified atom stereocenters. The molecule has 0 amide bonds. The minimum atomic E-state index is 0.904. The van der Waals surface area contributed by atoms with Gasteiger partial charge in [-0.05, 0) is 5.56 Å². The predicted octanol–water partition coefficient (Wildman–Crippen LogP) is 4.51. The number of aromatic nitrogens is 2. The van der Waals surface area contributed by atoms with Crippen molar-refractivity contribution < 1.29 is 0 Å². The number of hydrogen-bond acceptors (Lipinski definition) is 2. The van der Waals surface area contributed by atoms with Crippen LogP contribution in [0.1, 0.15) is 40.2 Å². The second-order valence-corrected chi connectivity index (χ2v) is 2.94. The van der Waals surface area contributed by atoms with Gasteiger partial charge < -0.3 is 4.57 Å². The molecule has 0 spiro atoms. The van der Waals surface area contributed by atoms with E-state index in [0.29, 0.717) is 0 Å². The maximum Gasteiger partial charge on any atom is 0.0949 e. The van der Waals surface area contributed by atoms with Gasteiger partial charge in [0, 0.05) is 25.9 Å². The number of nitriles is 1. The molecule has 2 aromatic rings. The third-order valence-corrected chi connectivity index (χ3v) is 1.77. The normalized spacial score (nSPS) is 7.37. The molecule has 1 aromatic heterocycles. The molecular formula is C16H25N3. The lowest BCUT2D eigenvalue weighted by Crippen LogP contribution is -1.95. The molecule has 0 aliphatic carbocycles. The van der Waals surface area contributed by atoms with Gasteiger partial charge in [0.2, 0.25) is 0 Å². The maximum absolute atomic E-state index is 7.32. The summed E-state index contributed by atoms with van der Waals surface area (Å²) >= 11 is 0. The van der Waals surface area contributed by atoms with Crippen LogP contribution in [0.3, 0.4) is 0 Å². The van der Waals surface area contributed by atoms with E-state index in [9.17, 15) is 0 Å². The van der Waals surface area contributed by atoms with Gasteiger partial charge in [-0.25, -0.2) is 4.98 Å². The summed E-state index contributed by atoms with van der Waals surface area (Å²) in [5.41, 5.74) is 1.30. The molecule has 0 bridgehead atoms. The zero-order valence-electron chi connectivity index (χ0n) is 12.7. The van der Waals surface area contributed by atoms with Gasteiger partial charge in [0.25, 0.3) is 0 Å². The Labute approximate surface area is 117 Å². The van der Waals surface area contributed by atoms with Crippen LogP contribution in [0.4, 0.5) is 0 Å². The summed E-state index contributed by atoms with van der Waals surface area (Å²) in [5, 5.41) is 7.32. The van der Waals surface area contributed by atoms with E-state index in [2.05, 4.69) is 21.7 Å². The Hall–Kier alpha value is -2.08. The van der Waals surface area contributed by atoms with Crippen LogP contribution in [0.25, 0.3) is 0 Å². The van der Waals surface area contributed by atoms with Crippen molar-refractivity contribution in [3.8, 4) is 6.07 Å². The van der Waals surface area contributed by atoms with E-state index < -0.39 is 0 Å². The first-order valence-corrected chi connectivity index (χ1v) is 6.67. The molecule has 0 saturated carbocycles. The van der Waals surface area contributed by atoms with E-state index in [-0.39, 0.29) is 0 Å². The number of benzene rings is 1. The van der Waals surface area contributed by atoms with Crippen molar-refractivity contribution in [1.82, 2.24) is 9.55 Å². The van der Waals surface area contributed by atoms with E-state index in [1.165, 1.54) is 12.5 Å². The van der Waals surface area contributed by atoms with Gasteiger partial charge >= 0.3 is 0 Å². The highest BCUT2D eigenvalue weighted by Crippen LogP contribution is 2.00. The van der Waals surface area contributed by atoms with Crippen LogP contribution in [0, 0.1) is 11.3 Å². The standard InChI is InChI=1S/C10H10N2.C2H3N.2C2H6/c1-2-4-10(5-3-1)8-12-7-6-11-9-12;1-2-3;2*1-2/h1-7,9H,8H2;1H3;2*1-2H3. The SMILES string of the molecule is CC.CC.CC#N.c1ccc(Cn2ccnc2)cc1. The molecule has 0 aliphatic heterocycles. The Kier molecular flexibility index (Phi) is 16.1. The van der Waals surface area contributed by atoms with Crippen LogP contribution in [0.2, 0.25) is 0 Å². The van der Waals surface area contributed by atoms with Gasteiger partial charge in [-0.15, -0.1) is 0 Å². The molecule has 3 nitrogen and oxygen atoms in total. The average Bonchev–Trinajstić information content (AvgIpc) is 2.98. The Morgan fingerprint density at radius 2 is 1.63 bits per heavy atom. The first-order chi connectivity index (χ1) is 9.36. The fourth-order valence-corrected chi connectivity index (χ4v) is 1.17. The fraction of sp³-hybridized carbons (Fsp3) is 0.375. The highest BCUT2D eigenvalue weighted by atomic mass is 15.0. The molecule has 2 rings (SSSR count). The quantitative estimate of drug-likeness (QED) is 0.796. The van der Waals surface area contributed by atoms with Crippen LogP contribution in [0.5, 0.6) is 0 Å². The molecule has 0 radical (unpaired) electrons. The zero-order chi connectivity index (χ0) is 14.9. The maximum atomic E-state index is 7.32. The minimum absolute atomic E-state index is 0.904. The lowest BCUT2D eigenvalue weighted by Gasteiger charge is -2.00. The highest BCUT2D eigenvalue weighted by molar-refractivity contribution is 5.14. The van der Waals surface area contributed by atoms with Crippen LogP contribution in [0.15, 0.2) is 49.1 Å². The molecule has 3 heteroatoms. The van der Waals surface area contributed by atoms with Crippen molar-refractivity contribution in [3.05, 3.63) is 54.6 Å². The molecule has 104 valence electrons. The third kappa shape index (κ3) is 10.8. The van der Waals surface area contributed by atoms with Crippen LogP contribution in [-0.4, -0.2) is 9.55 Å². The summed E-state index contributed by atoms with van der Waals surface area (Å²) in [7, 11) is 0. The fourth-order valence-electron chi connectivity index (χ4n) is 1.17. The van der Waals surface area contributed by atoms with E-state index in [0.717, 1.165) is 6.54 Å². The van der Waals surface area contributed by atoms with Crippen LogP contribution in [-0.2, 0) is 6.54 Å². The van der Waals surface area contributed by atoms with Gasteiger partial charge in [0.15, 0.2) is 0 Å². The van der Waals surface area contributed by atoms with E-state index in [1.54, 1.807) is 12.3 Å². The Bertz CT molecular complexity index is 399. The topological polar surface area (TPSA) is 41.6 Å². The Morgan fingerprint density at radius 1 is 1.11 bits per heavy atom. The van der Waals surface area contributed by atoms with Gasteiger partial charge in [-0.3, -0.25) is 0 Å². The average molecular weight is 259 g/mol. The van der Waals surface area contributed by atoms with E-state index in [1.807, 2.05) is 58.4 Å². The molecular weight excluding hydrogens is 234 g/mol. The molecule has 0 fully saturated rings. The Balaban J connectivity index is 0. The molecule has 1 aromatic carbocycles. The van der Waals surface area contributed by atoms with E-state index >= 15 is 0 Å². The van der Waals surface area contributed by atoms with Crippen molar-refractivity contribution in [2.24, 2.45) is 0 Å². The zero-order valence-corrected chi connectivity index (χ0v) is 12.7. The molecule has 19 heavy (non-hydrogen) atoms. The third-order valence-electron chi connectivity index (χ3n) is 1.77. The van der Waals surface area contributed by atoms with Crippen molar-refractivity contribution in [2.75, 3.05) is 0 Å². The molecule has 0 saturated heterocycles. The molecule has 0 N–H and O–H groups in total. The first-order valence-electron chi connectivity index (χ1n) is 6.67. The summed E-state index contributed by atoms with van der Waals surface area (Å²) in [4.78, 5) is 3.98. The number of imidazole rings is 1. The Morgan fingerprint density at radius 3 is 2.05 bits per heavy atom. The smallest absolute Gasteiger partial charge is 0.0949 e. The summed E-state index contributed by atoms with van der Waals surface area (Å²) in [6.07, 6.45) is 5.59. The number of hydrogen-bond donors (Lipinski definition) is 0. The van der Waals surface area contributed by atoms with E-state index in [4.69, 9.17) is 5.26 Å². The lowest BCUT2D eigenvalue weighted by atomic mass is 10.2. The van der Waals surface area contributed by atoms with Gasteiger partial charge in [0.05, 0.1) is 12.4 Å². The lowest BCUT2D eigenvalue weighted by molar-refractivity contribution is 0.797. The van der Waals surface area contributed by atoms with Crippen molar-refractivity contribution >= 4 is 0 Å².